The Morgan fingerprint density at radius 2 is 2.05 bits per heavy atom. The van der Waals surface area contributed by atoms with Crippen LogP contribution in [0.15, 0.2) is 35.1 Å². The molecule has 1 aromatic carbocycles. The molecule has 0 bridgehead atoms. The Bertz CT molecular complexity index is 593. The third-order valence-electron chi connectivity index (χ3n) is 2.85. The Kier molecular flexibility index (Phi) is 4.75. The van der Waals surface area contributed by atoms with Gasteiger partial charge in [0.25, 0.3) is 0 Å². The van der Waals surface area contributed by atoms with Crippen molar-refractivity contribution < 1.29 is 4.74 Å². The summed E-state index contributed by atoms with van der Waals surface area (Å²) in [6.07, 6.45) is 1.42. The molecule has 7 heteroatoms. The number of hydrazine groups is 1. The number of nitrogen functional groups attached to an aromatic ring is 1. The van der Waals surface area contributed by atoms with Gasteiger partial charge in [0.05, 0.1) is 13.2 Å². The molecule has 0 aliphatic rings. The van der Waals surface area contributed by atoms with Crippen LogP contribution in [0.5, 0.6) is 5.75 Å². The number of nitrogens with one attached hydrogen (secondary N) is 2. The maximum Gasteiger partial charge on any atom is 0.205 e. The predicted molar refractivity (Wildman–Crippen MR) is 82.6 cm³/mol. The lowest BCUT2D eigenvalue weighted by molar-refractivity contribution is 0.414. The Labute approximate surface area is 125 Å². The summed E-state index contributed by atoms with van der Waals surface area (Å²) in [7, 11) is 1.55. The van der Waals surface area contributed by atoms with Gasteiger partial charge >= 0.3 is 0 Å². The Morgan fingerprint density at radius 3 is 2.70 bits per heavy atom. The van der Waals surface area contributed by atoms with Crippen molar-refractivity contribution in [2.75, 3.05) is 17.9 Å². The predicted octanol–water partition coefficient (Wildman–Crippen LogP) is 2.71. The molecule has 0 fully saturated rings. The van der Waals surface area contributed by atoms with Crippen LogP contribution < -0.4 is 21.3 Å². The number of halogens is 1. The van der Waals surface area contributed by atoms with E-state index < -0.39 is 0 Å². The molecule has 6 nitrogen and oxygen atoms in total. The minimum atomic E-state index is 0.0573. The number of nitrogens with zero attached hydrogens (tertiary/aromatic N) is 2. The number of hydrogen-bond donors (Lipinski definition) is 3. The number of aromatic nitrogens is 2. The van der Waals surface area contributed by atoms with Crippen molar-refractivity contribution in [2.24, 2.45) is 5.84 Å². The summed E-state index contributed by atoms with van der Waals surface area (Å²) in [6.45, 7) is 2.04. The summed E-state index contributed by atoms with van der Waals surface area (Å²) in [5.74, 6) is 6.91. The lowest BCUT2D eigenvalue weighted by Crippen LogP contribution is -2.14. The SMILES string of the molecule is COc1c(NN)ncnc1NC(C)c1cccc(Br)c1. The van der Waals surface area contributed by atoms with Crippen molar-refractivity contribution in [1.82, 2.24) is 9.97 Å². The number of hydrogen-bond acceptors (Lipinski definition) is 6. The Morgan fingerprint density at radius 1 is 1.30 bits per heavy atom. The highest BCUT2D eigenvalue weighted by atomic mass is 79.9. The third-order valence-corrected chi connectivity index (χ3v) is 3.34. The molecule has 0 aliphatic carbocycles. The summed E-state index contributed by atoms with van der Waals surface area (Å²) in [5, 5.41) is 3.29. The Hall–Kier alpha value is -1.86. The van der Waals surface area contributed by atoms with E-state index in [1.54, 1.807) is 7.11 Å². The maximum atomic E-state index is 5.40. The van der Waals surface area contributed by atoms with Gasteiger partial charge in [-0.25, -0.2) is 15.8 Å². The number of nitrogens with two attached hydrogens (primary N) is 1. The van der Waals surface area contributed by atoms with Gasteiger partial charge in [-0.1, -0.05) is 28.1 Å². The molecule has 2 aromatic rings. The standard InChI is InChI=1S/C13H16BrN5O/c1-8(9-4-3-5-10(14)6-9)18-12-11(20-2)13(19-15)17-7-16-12/h3-8H,15H2,1-2H3,(H2,16,17,18,19). The van der Waals surface area contributed by atoms with Crippen LogP contribution in [0.25, 0.3) is 0 Å². The van der Waals surface area contributed by atoms with E-state index in [1.165, 1.54) is 6.33 Å². The fourth-order valence-electron chi connectivity index (χ4n) is 1.84. The molecule has 0 amide bonds. The fourth-order valence-corrected chi connectivity index (χ4v) is 2.25. The highest BCUT2D eigenvalue weighted by Gasteiger charge is 2.14. The second kappa shape index (κ2) is 6.53. The summed E-state index contributed by atoms with van der Waals surface area (Å²) in [4.78, 5) is 8.19. The molecule has 1 unspecified atom stereocenters. The molecule has 0 saturated heterocycles. The minimum absolute atomic E-state index is 0.0573. The molecule has 1 atom stereocenters. The van der Waals surface area contributed by atoms with Crippen LogP contribution in [-0.2, 0) is 0 Å². The lowest BCUT2D eigenvalue weighted by atomic mass is 10.1. The van der Waals surface area contributed by atoms with E-state index in [-0.39, 0.29) is 6.04 Å². The fraction of sp³-hybridized carbons (Fsp3) is 0.231. The summed E-state index contributed by atoms with van der Waals surface area (Å²) >= 11 is 3.46. The van der Waals surface area contributed by atoms with E-state index >= 15 is 0 Å². The lowest BCUT2D eigenvalue weighted by Gasteiger charge is -2.18. The van der Waals surface area contributed by atoms with Crippen molar-refractivity contribution in [3.8, 4) is 5.75 Å². The average Bonchev–Trinajstić information content (AvgIpc) is 2.46. The van der Waals surface area contributed by atoms with Crippen molar-refractivity contribution in [2.45, 2.75) is 13.0 Å². The quantitative estimate of drug-likeness (QED) is 0.574. The first kappa shape index (κ1) is 14.5. The number of methoxy groups -OCH3 is 1. The number of ether oxygens (including phenoxy) is 1. The van der Waals surface area contributed by atoms with Gasteiger partial charge in [0, 0.05) is 4.47 Å². The molecule has 0 aliphatic heterocycles. The summed E-state index contributed by atoms with van der Waals surface area (Å²) in [5.41, 5.74) is 3.61. The normalized spacial score (nSPS) is 11.8. The van der Waals surface area contributed by atoms with E-state index in [0.717, 1.165) is 10.0 Å². The third kappa shape index (κ3) is 3.17. The number of rotatable bonds is 5. The first-order valence-electron chi connectivity index (χ1n) is 6.03. The average molecular weight is 338 g/mol. The molecular weight excluding hydrogens is 322 g/mol. The summed E-state index contributed by atoms with van der Waals surface area (Å²) < 4.78 is 6.32. The van der Waals surface area contributed by atoms with Crippen LogP contribution in [0.3, 0.4) is 0 Å². The van der Waals surface area contributed by atoms with Crippen LogP contribution >= 0.6 is 15.9 Å². The second-order valence-corrected chi connectivity index (χ2v) is 5.09. The first-order valence-corrected chi connectivity index (χ1v) is 6.82. The van der Waals surface area contributed by atoms with Crippen LogP contribution in [-0.4, -0.2) is 17.1 Å². The highest BCUT2D eigenvalue weighted by molar-refractivity contribution is 9.10. The highest BCUT2D eigenvalue weighted by Crippen LogP contribution is 2.31. The Balaban J connectivity index is 2.25. The molecule has 0 radical (unpaired) electrons. The first-order chi connectivity index (χ1) is 9.65. The van der Waals surface area contributed by atoms with E-state index in [1.807, 2.05) is 31.2 Å². The van der Waals surface area contributed by atoms with Gasteiger partial charge in [-0.05, 0) is 24.6 Å². The molecule has 20 heavy (non-hydrogen) atoms. The van der Waals surface area contributed by atoms with Crippen LogP contribution in [0, 0.1) is 0 Å². The van der Waals surface area contributed by atoms with Gasteiger partial charge in [0.2, 0.25) is 5.75 Å². The van der Waals surface area contributed by atoms with Gasteiger partial charge in [0.15, 0.2) is 11.6 Å². The van der Waals surface area contributed by atoms with Gasteiger partial charge in [-0.2, -0.15) is 0 Å². The van der Waals surface area contributed by atoms with Crippen LogP contribution in [0.2, 0.25) is 0 Å². The minimum Gasteiger partial charge on any atom is -0.490 e. The molecule has 4 N–H and O–H groups in total. The van der Waals surface area contributed by atoms with E-state index in [4.69, 9.17) is 10.6 Å². The molecule has 1 heterocycles. The van der Waals surface area contributed by atoms with Crippen molar-refractivity contribution in [1.29, 1.82) is 0 Å². The van der Waals surface area contributed by atoms with Gasteiger partial charge < -0.3 is 15.5 Å². The van der Waals surface area contributed by atoms with Gasteiger partial charge in [-0.3, -0.25) is 0 Å². The molecule has 1 aromatic heterocycles. The molecule has 0 saturated carbocycles. The number of anilines is 2. The topological polar surface area (TPSA) is 85.1 Å². The zero-order chi connectivity index (χ0) is 14.5. The maximum absolute atomic E-state index is 5.40. The molecular formula is C13H16BrN5O. The van der Waals surface area contributed by atoms with E-state index in [0.29, 0.717) is 17.4 Å². The molecule has 106 valence electrons. The zero-order valence-electron chi connectivity index (χ0n) is 11.2. The van der Waals surface area contributed by atoms with Crippen LogP contribution in [0.4, 0.5) is 11.6 Å². The number of benzene rings is 1. The second-order valence-electron chi connectivity index (χ2n) is 4.17. The van der Waals surface area contributed by atoms with Crippen molar-refractivity contribution in [3.63, 3.8) is 0 Å². The van der Waals surface area contributed by atoms with Crippen molar-refractivity contribution >= 4 is 27.6 Å². The molecule has 0 spiro atoms. The zero-order valence-corrected chi connectivity index (χ0v) is 12.8. The summed E-state index contributed by atoms with van der Waals surface area (Å²) in [6, 6.07) is 8.12. The van der Waals surface area contributed by atoms with E-state index in [2.05, 4.69) is 36.6 Å². The van der Waals surface area contributed by atoms with Crippen LogP contribution in [0.1, 0.15) is 18.5 Å². The largest absolute Gasteiger partial charge is 0.490 e. The van der Waals surface area contributed by atoms with Crippen molar-refractivity contribution in [3.05, 3.63) is 40.6 Å². The van der Waals surface area contributed by atoms with Gasteiger partial charge in [0.1, 0.15) is 6.33 Å². The smallest absolute Gasteiger partial charge is 0.205 e. The molecule has 2 rings (SSSR count). The van der Waals surface area contributed by atoms with Gasteiger partial charge in [-0.15, -0.1) is 0 Å². The van der Waals surface area contributed by atoms with E-state index in [9.17, 15) is 0 Å². The monoisotopic (exact) mass is 337 g/mol.